The Bertz CT molecular complexity index is 1230. The van der Waals surface area contributed by atoms with E-state index in [4.69, 9.17) is 5.73 Å². The van der Waals surface area contributed by atoms with Crippen molar-refractivity contribution in [3.8, 4) is 6.07 Å². The van der Waals surface area contributed by atoms with Gasteiger partial charge in [0, 0.05) is 29.3 Å². The summed E-state index contributed by atoms with van der Waals surface area (Å²) in [7, 11) is 0. The molecule has 32 heavy (non-hydrogen) atoms. The van der Waals surface area contributed by atoms with Gasteiger partial charge in [0.15, 0.2) is 0 Å². The summed E-state index contributed by atoms with van der Waals surface area (Å²) in [4.78, 5) is 21.4. The van der Waals surface area contributed by atoms with Crippen LogP contribution in [0, 0.1) is 23.2 Å². The summed E-state index contributed by atoms with van der Waals surface area (Å²) >= 11 is 0. The average Bonchev–Trinajstić information content (AvgIpc) is 2.71. The van der Waals surface area contributed by atoms with E-state index in [1.165, 1.54) is 0 Å². The summed E-state index contributed by atoms with van der Waals surface area (Å²) in [6.45, 7) is 1.69. The first kappa shape index (κ1) is 21.6. The second kappa shape index (κ2) is 7.79. The van der Waals surface area contributed by atoms with Crippen molar-refractivity contribution >= 4 is 22.5 Å². The fourth-order valence-electron chi connectivity index (χ4n) is 4.14. The molecule has 1 amide bonds. The highest BCUT2D eigenvalue weighted by molar-refractivity contribution is 5.98. The van der Waals surface area contributed by atoms with Gasteiger partial charge in [-0.3, -0.25) is 14.8 Å². The van der Waals surface area contributed by atoms with Gasteiger partial charge in [0.05, 0.1) is 34.1 Å². The lowest BCUT2D eigenvalue weighted by Crippen LogP contribution is -2.53. The van der Waals surface area contributed by atoms with Gasteiger partial charge in [-0.05, 0) is 56.0 Å². The van der Waals surface area contributed by atoms with Gasteiger partial charge >= 0.3 is 6.18 Å². The van der Waals surface area contributed by atoms with Crippen LogP contribution in [0.4, 0.5) is 18.9 Å². The molecule has 0 radical (unpaired) electrons. The molecule has 0 bridgehead atoms. The summed E-state index contributed by atoms with van der Waals surface area (Å²) in [5, 5.41) is 12.9. The Labute approximate surface area is 182 Å². The minimum Gasteiger partial charge on any atom is -0.397 e. The topological polar surface area (TPSA) is 105 Å². The predicted molar refractivity (Wildman–Crippen MR) is 112 cm³/mol. The molecule has 0 aliphatic heterocycles. The summed E-state index contributed by atoms with van der Waals surface area (Å²) < 4.78 is 39.2. The largest absolute Gasteiger partial charge is 0.417 e. The van der Waals surface area contributed by atoms with E-state index in [2.05, 4.69) is 21.4 Å². The molecule has 1 atom stereocenters. The van der Waals surface area contributed by atoms with Gasteiger partial charge in [0.25, 0.3) is 5.91 Å². The van der Waals surface area contributed by atoms with E-state index < -0.39 is 23.2 Å². The van der Waals surface area contributed by atoms with Gasteiger partial charge in [0.2, 0.25) is 0 Å². The number of nitrogens with two attached hydrogens (primary N) is 1. The fourth-order valence-corrected chi connectivity index (χ4v) is 4.14. The number of benzene rings is 1. The van der Waals surface area contributed by atoms with Crippen LogP contribution < -0.4 is 11.1 Å². The van der Waals surface area contributed by atoms with Crippen LogP contribution in [-0.2, 0) is 11.7 Å². The quantitative estimate of drug-likeness (QED) is 0.626. The number of alkyl halides is 3. The number of rotatable bonds is 4. The molecular weight excluding hydrogens is 419 g/mol. The van der Waals surface area contributed by atoms with Crippen molar-refractivity contribution in [3.63, 3.8) is 0 Å². The summed E-state index contributed by atoms with van der Waals surface area (Å²) in [5.74, 6) is -0.803. The first-order valence-corrected chi connectivity index (χ1v) is 10.0. The van der Waals surface area contributed by atoms with Crippen molar-refractivity contribution < 1.29 is 18.0 Å². The molecule has 1 saturated carbocycles. The highest BCUT2D eigenvalue weighted by Crippen LogP contribution is 2.47. The minimum absolute atomic E-state index is 0.155. The molecule has 3 N–H and O–H groups in total. The fraction of sp³-hybridized carbons (Fsp3) is 0.304. The second-order valence-corrected chi connectivity index (χ2v) is 8.22. The molecule has 164 valence electrons. The van der Waals surface area contributed by atoms with Crippen molar-refractivity contribution in [2.45, 2.75) is 31.5 Å². The van der Waals surface area contributed by atoms with E-state index in [0.29, 0.717) is 18.4 Å². The molecule has 1 unspecified atom stereocenters. The van der Waals surface area contributed by atoms with Gasteiger partial charge in [0.1, 0.15) is 0 Å². The number of anilines is 1. The van der Waals surface area contributed by atoms with Gasteiger partial charge in [-0.15, -0.1) is 0 Å². The van der Waals surface area contributed by atoms with Crippen molar-refractivity contribution in [2.75, 3.05) is 5.73 Å². The number of carbonyl (C=O) groups is 1. The van der Waals surface area contributed by atoms with Crippen LogP contribution in [0.2, 0.25) is 0 Å². The van der Waals surface area contributed by atoms with Gasteiger partial charge in [-0.1, -0.05) is 6.07 Å². The Balaban J connectivity index is 1.70. The summed E-state index contributed by atoms with van der Waals surface area (Å²) in [6, 6.07) is 11.7. The van der Waals surface area contributed by atoms with E-state index in [9.17, 15) is 23.2 Å². The maximum atomic E-state index is 13.2. The molecule has 2 heterocycles. The Morgan fingerprint density at radius 3 is 2.62 bits per heavy atom. The number of nitrogen functional groups attached to an aromatic ring is 1. The molecule has 4 rings (SSSR count). The first-order valence-electron chi connectivity index (χ1n) is 10.0. The molecule has 1 aliphatic carbocycles. The molecule has 3 aromatic rings. The molecule has 1 fully saturated rings. The number of carbonyl (C=O) groups excluding carboxylic acids is 1. The average molecular weight is 439 g/mol. The van der Waals surface area contributed by atoms with Crippen LogP contribution in [-0.4, -0.2) is 15.9 Å². The van der Waals surface area contributed by atoms with Crippen molar-refractivity contribution in [1.29, 1.82) is 5.26 Å². The van der Waals surface area contributed by atoms with Gasteiger partial charge in [-0.25, -0.2) is 0 Å². The van der Waals surface area contributed by atoms with Crippen LogP contribution in [0.25, 0.3) is 10.9 Å². The van der Waals surface area contributed by atoms with E-state index >= 15 is 0 Å². The van der Waals surface area contributed by atoms with Crippen LogP contribution in [0.3, 0.4) is 0 Å². The number of nitrogens with zero attached hydrogens (tertiary/aromatic N) is 3. The maximum absolute atomic E-state index is 13.2. The summed E-state index contributed by atoms with van der Waals surface area (Å²) in [5.41, 5.74) is 4.98. The van der Waals surface area contributed by atoms with E-state index in [1.807, 2.05) is 6.07 Å². The SMILES string of the molecule is CC(NC(=O)c1ccc2ncccc2c1)(c1ncc(C(F)(F)F)cc1N)C1CC(C#N)C1. The summed E-state index contributed by atoms with van der Waals surface area (Å²) in [6.07, 6.45) is -1.24. The highest BCUT2D eigenvalue weighted by atomic mass is 19.4. The zero-order valence-electron chi connectivity index (χ0n) is 17.1. The molecule has 2 aromatic heterocycles. The second-order valence-electron chi connectivity index (χ2n) is 8.22. The van der Waals surface area contributed by atoms with Gasteiger partial charge in [-0.2, -0.15) is 18.4 Å². The van der Waals surface area contributed by atoms with Crippen molar-refractivity contribution in [3.05, 3.63) is 65.6 Å². The highest BCUT2D eigenvalue weighted by Gasteiger charge is 2.47. The zero-order chi connectivity index (χ0) is 23.1. The number of hydrogen-bond donors (Lipinski definition) is 2. The number of fused-ring (bicyclic) bond motifs is 1. The molecule has 0 saturated heterocycles. The molecule has 1 aromatic carbocycles. The monoisotopic (exact) mass is 439 g/mol. The predicted octanol–water partition coefficient (Wildman–Crippen LogP) is 4.43. The number of halogens is 3. The Hall–Kier alpha value is -3.67. The Morgan fingerprint density at radius 1 is 1.22 bits per heavy atom. The van der Waals surface area contributed by atoms with E-state index in [1.54, 1.807) is 37.4 Å². The van der Waals surface area contributed by atoms with Gasteiger partial charge < -0.3 is 11.1 Å². The molecule has 1 aliphatic rings. The molecular formula is C23H20F3N5O. The zero-order valence-corrected chi connectivity index (χ0v) is 17.1. The van der Waals surface area contributed by atoms with E-state index in [-0.39, 0.29) is 23.2 Å². The first-order chi connectivity index (χ1) is 15.1. The number of nitriles is 1. The molecule has 6 nitrogen and oxygen atoms in total. The number of aromatic nitrogens is 2. The van der Waals surface area contributed by atoms with Crippen LogP contribution >= 0.6 is 0 Å². The third-order valence-corrected chi connectivity index (χ3v) is 6.11. The van der Waals surface area contributed by atoms with Crippen LogP contribution in [0.1, 0.15) is 41.4 Å². The van der Waals surface area contributed by atoms with Crippen LogP contribution in [0.5, 0.6) is 0 Å². The third kappa shape index (κ3) is 3.84. The van der Waals surface area contributed by atoms with Crippen molar-refractivity contribution in [2.24, 2.45) is 11.8 Å². The Kier molecular flexibility index (Phi) is 5.25. The normalized spacial score (nSPS) is 20.1. The molecule has 0 spiro atoms. The number of hydrogen-bond acceptors (Lipinski definition) is 5. The third-order valence-electron chi connectivity index (χ3n) is 6.11. The van der Waals surface area contributed by atoms with Crippen LogP contribution in [0.15, 0.2) is 48.8 Å². The number of nitrogens with one attached hydrogen (secondary N) is 1. The standard InChI is InChI=1S/C23H20F3N5O/c1-22(16-7-13(8-16)11-27,20-18(28)10-17(12-30-20)23(24,25)26)31-21(32)15-4-5-19-14(9-15)3-2-6-29-19/h2-6,9-10,12-13,16H,7-8,28H2,1H3,(H,31,32). The lowest BCUT2D eigenvalue weighted by Gasteiger charge is -2.45. The van der Waals surface area contributed by atoms with Crippen molar-refractivity contribution in [1.82, 2.24) is 15.3 Å². The molecule has 9 heteroatoms. The minimum atomic E-state index is -4.58. The number of pyridine rings is 2. The lowest BCUT2D eigenvalue weighted by atomic mass is 9.64. The number of amides is 1. The Morgan fingerprint density at radius 2 is 1.97 bits per heavy atom. The van der Waals surface area contributed by atoms with E-state index in [0.717, 1.165) is 23.2 Å². The lowest BCUT2D eigenvalue weighted by molar-refractivity contribution is -0.137. The smallest absolute Gasteiger partial charge is 0.397 e. The maximum Gasteiger partial charge on any atom is 0.417 e.